The maximum Gasteiger partial charge on any atom is 0.251 e. The molecule has 0 aliphatic carbocycles. The molecule has 2 aromatic carbocycles. The molecule has 152 valence electrons. The van der Waals surface area contributed by atoms with Gasteiger partial charge in [-0.25, -0.2) is 4.98 Å². The van der Waals surface area contributed by atoms with Crippen LogP contribution in [0.4, 0.5) is 5.13 Å². The van der Waals surface area contributed by atoms with E-state index in [0.717, 1.165) is 34.2 Å². The Labute approximate surface area is 176 Å². The Bertz CT molecular complexity index is 951. The van der Waals surface area contributed by atoms with Crippen molar-refractivity contribution in [2.24, 2.45) is 5.92 Å². The van der Waals surface area contributed by atoms with Crippen LogP contribution in [0.1, 0.15) is 29.8 Å². The van der Waals surface area contributed by atoms with Gasteiger partial charge in [-0.3, -0.25) is 4.79 Å². The van der Waals surface area contributed by atoms with Crippen LogP contribution in [0.25, 0.3) is 11.3 Å². The first kappa shape index (κ1) is 20.9. The molecule has 0 fully saturated rings. The average molecular weight is 410 g/mol. The van der Waals surface area contributed by atoms with Gasteiger partial charge in [-0.05, 0) is 35.7 Å². The molecular weight excluding hydrogens is 382 g/mol. The summed E-state index contributed by atoms with van der Waals surface area (Å²) in [6, 6.07) is 15.7. The molecule has 1 amide bonds. The zero-order chi connectivity index (χ0) is 20.8. The third-order valence-electron chi connectivity index (χ3n) is 4.49. The molecule has 1 aromatic heterocycles. The Morgan fingerprint density at radius 2 is 1.97 bits per heavy atom. The highest BCUT2D eigenvalue weighted by Gasteiger charge is 2.11. The monoisotopic (exact) mass is 409 g/mol. The largest absolute Gasteiger partial charge is 0.497 e. The van der Waals surface area contributed by atoms with Crippen LogP contribution in [0.15, 0.2) is 53.9 Å². The molecule has 0 aliphatic rings. The molecule has 0 unspecified atom stereocenters. The van der Waals surface area contributed by atoms with Crippen molar-refractivity contribution < 1.29 is 9.53 Å². The summed E-state index contributed by atoms with van der Waals surface area (Å²) in [6.07, 6.45) is 0. The average Bonchev–Trinajstić information content (AvgIpc) is 3.23. The third-order valence-corrected chi connectivity index (χ3v) is 5.45. The van der Waals surface area contributed by atoms with Crippen molar-refractivity contribution in [1.82, 2.24) is 10.3 Å². The maximum absolute atomic E-state index is 12.1. The lowest BCUT2D eigenvalue weighted by atomic mass is 10.1. The lowest BCUT2D eigenvalue weighted by molar-refractivity contribution is 0.0949. The van der Waals surface area contributed by atoms with E-state index in [0.29, 0.717) is 18.0 Å². The molecule has 1 heterocycles. The number of nitrogens with one attached hydrogen (secondary N) is 1. The number of hydrogen-bond donors (Lipinski definition) is 1. The zero-order valence-corrected chi connectivity index (χ0v) is 18.1. The molecule has 3 rings (SSSR count). The molecule has 5 nitrogen and oxygen atoms in total. The second-order valence-electron chi connectivity index (χ2n) is 7.40. The molecule has 6 heteroatoms. The SMILES string of the molecule is COc1cccc(-c2csc(N(C)Cc3ccc(C(=O)NCC(C)C)cc3)n2)c1. The Kier molecular flexibility index (Phi) is 6.88. The first-order valence-electron chi connectivity index (χ1n) is 9.64. The Balaban J connectivity index is 1.64. The van der Waals surface area contributed by atoms with E-state index in [4.69, 9.17) is 9.72 Å². The highest BCUT2D eigenvalue weighted by molar-refractivity contribution is 7.14. The van der Waals surface area contributed by atoms with Gasteiger partial charge in [0.05, 0.1) is 12.8 Å². The summed E-state index contributed by atoms with van der Waals surface area (Å²) in [4.78, 5) is 19.0. The van der Waals surface area contributed by atoms with Gasteiger partial charge in [0, 0.05) is 36.6 Å². The quantitative estimate of drug-likeness (QED) is 0.578. The van der Waals surface area contributed by atoms with Crippen molar-refractivity contribution in [3.63, 3.8) is 0 Å². The van der Waals surface area contributed by atoms with Gasteiger partial charge >= 0.3 is 0 Å². The van der Waals surface area contributed by atoms with Crippen molar-refractivity contribution in [2.45, 2.75) is 20.4 Å². The minimum atomic E-state index is -0.0264. The van der Waals surface area contributed by atoms with Crippen LogP contribution in [0.2, 0.25) is 0 Å². The number of rotatable bonds is 8. The number of methoxy groups -OCH3 is 1. The number of anilines is 1. The fourth-order valence-electron chi connectivity index (χ4n) is 2.86. The van der Waals surface area contributed by atoms with E-state index in [2.05, 4.69) is 29.4 Å². The van der Waals surface area contributed by atoms with E-state index in [9.17, 15) is 4.79 Å². The first-order valence-corrected chi connectivity index (χ1v) is 10.5. The van der Waals surface area contributed by atoms with Crippen LogP contribution in [-0.2, 0) is 6.54 Å². The Hall–Kier alpha value is -2.86. The van der Waals surface area contributed by atoms with Gasteiger partial charge in [-0.2, -0.15) is 0 Å². The molecule has 1 N–H and O–H groups in total. The summed E-state index contributed by atoms with van der Waals surface area (Å²) < 4.78 is 5.30. The second-order valence-corrected chi connectivity index (χ2v) is 8.24. The molecule has 0 aliphatic heterocycles. The lowest BCUT2D eigenvalue weighted by Crippen LogP contribution is -2.27. The third kappa shape index (κ3) is 5.57. The van der Waals surface area contributed by atoms with Crippen molar-refractivity contribution in [3.8, 4) is 17.0 Å². The van der Waals surface area contributed by atoms with Gasteiger partial charge < -0.3 is 15.0 Å². The van der Waals surface area contributed by atoms with E-state index >= 15 is 0 Å². The van der Waals surface area contributed by atoms with Crippen LogP contribution in [0.3, 0.4) is 0 Å². The van der Waals surface area contributed by atoms with Crippen molar-refractivity contribution in [2.75, 3.05) is 25.6 Å². The highest BCUT2D eigenvalue weighted by Crippen LogP contribution is 2.29. The van der Waals surface area contributed by atoms with Crippen LogP contribution < -0.4 is 15.0 Å². The number of nitrogens with zero attached hydrogens (tertiary/aromatic N) is 2. The molecular formula is C23H27N3O2S. The summed E-state index contributed by atoms with van der Waals surface area (Å²) in [5.41, 5.74) is 3.79. The second kappa shape index (κ2) is 9.56. The molecule has 0 radical (unpaired) electrons. The summed E-state index contributed by atoms with van der Waals surface area (Å²) in [6.45, 7) is 5.57. The molecule has 0 bridgehead atoms. The highest BCUT2D eigenvalue weighted by atomic mass is 32.1. The topological polar surface area (TPSA) is 54.5 Å². The van der Waals surface area contributed by atoms with Crippen molar-refractivity contribution in [1.29, 1.82) is 0 Å². The minimum absolute atomic E-state index is 0.0264. The van der Waals surface area contributed by atoms with Gasteiger partial charge in [0.2, 0.25) is 0 Å². The fraction of sp³-hybridized carbons (Fsp3) is 0.304. The van der Waals surface area contributed by atoms with Gasteiger partial charge in [-0.15, -0.1) is 11.3 Å². The number of carbonyl (C=O) groups is 1. The molecule has 0 spiro atoms. The van der Waals surface area contributed by atoms with E-state index in [-0.39, 0.29) is 5.91 Å². The summed E-state index contributed by atoms with van der Waals surface area (Å²) in [5, 5.41) is 5.95. The van der Waals surface area contributed by atoms with Crippen LogP contribution in [0, 0.1) is 5.92 Å². The first-order chi connectivity index (χ1) is 14.0. The van der Waals surface area contributed by atoms with Gasteiger partial charge in [0.15, 0.2) is 5.13 Å². The molecule has 3 aromatic rings. The van der Waals surface area contributed by atoms with Crippen molar-refractivity contribution >= 4 is 22.4 Å². The van der Waals surface area contributed by atoms with E-state index in [1.165, 1.54) is 0 Å². The lowest BCUT2D eigenvalue weighted by Gasteiger charge is -2.16. The standard InChI is InChI=1S/C23H27N3O2S/c1-16(2)13-24-22(27)18-10-8-17(9-11-18)14-26(3)23-25-21(15-29-23)19-6-5-7-20(12-19)28-4/h5-12,15-16H,13-14H2,1-4H3,(H,24,27). The number of aromatic nitrogens is 1. The van der Waals surface area contributed by atoms with E-state index in [1.54, 1.807) is 18.4 Å². The van der Waals surface area contributed by atoms with Gasteiger partial charge in [0.1, 0.15) is 5.75 Å². The summed E-state index contributed by atoms with van der Waals surface area (Å²) >= 11 is 1.61. The van der Waals surface area contributed by atoms with Crippen LogP contribution in [0.5, 0.6) is 5.75 Å². The maximum atomic E-state index is 12.1. The number of thiazole rings is 1. The zero-order valence-electron chi connectivity index (χ0n) is 17.3. The summed E-state index contributed by atoms with van der Waals surface area (Å²) in [5.74, 6) is 1.23. The predicted octanol–water partition coefficient (Wildman–Crippen LogP) is 4.84. The van der Waals surface area contributed by atoms with E-state index < -0.39 is 0 Å². The van der Waals surface area contributed by atoms with Crippen molar-refractivity contribution in [3.05, 3.63) is 65.0 Å². The van der Waals surface area contributed by atoms with E-state index in [1.807, 2.05) is 55.6 Å². The smallest absolute Gasteiger partial charge is 0.251 e. The fourth-order valence-corrected chi connectivity index (χ4v) is 3.66. The number of benzene rings is 2. The Morgan fingerprint density at radius 3 is 2.66 bits per heavy atom. The molecule has 0 saturated heterocycles. The molecule has 0 saturated carbocycles. The summed E-state index contributed by atoms with van der Waals surface area (Å²) in [7, 11) is 3.69. The van der Waals surface area contributed by atoms with Crippen LogP contribution >= 0.6 is 11.3 Å². The number of ether oxygens (including phenoxy) is 1. The number of amides is 1. The van der Waals surface area contributed by atoms with Gasteiger partial charge in [-0.1, -0.05) is 38.1 Å². The predicted molar refractivity (Wildman–Crippen MR) is 120 cm³/mol. The minimum Gasteiger partial charge on any atom is -0.497 e. The normalized spacial score (nSPS) is 10.8. The van der Waals surface area contributed by atoms with Crippen LogP contribution in [-0.4, -0.2) is 31.6 Å². The Morgan fingerprint density at radius 1 is 1.21 bits per heavy atom. The number of carbonyl (C=O) groups excluding carboxylic acids is 1. The molecule has 0 atom stereocenters. The van der Waals surface area contributed by atoms with Gasteiger partial charge in [0.25, 0.3) is 5.91 Å². The number of hydrogen-bond acceptors (Lipinski definition) is 5. The molecule has 29 heavy (non-hydrogen) atoms.